The Kier molecular flexibility index (Phi) is 4.01. The number of nitrogens with zero attached hydrogens (tertiary/aromatic N) is 3. The van der Waals surface area contributed by atoms with E-state index in [1.165, 1.54) is 18.4 Å². The maximum Gasteiger partial charge on any atom is 0.350 e. The van der Waals surface area contributed by atoms with Crippen LogP contribution >= 0.6 is 11.3 Å². The molecule has 0 atom stereocenters. The van der Waals surface area contributed by atoms with Crippen molar-refractivity contribution in [3.05, 3.63) is 40.4 Å². The van der Waals surface area contributed by atoms with Gasteiger partial charge in [-0.15, -0.1) is 0 Å². The topological polar surface area (TPSA) is 66.2 Å². The van der Waals surface area contributed by atoms with Crippen LogP contribution in [0.25, 0.3) is 0 Å². The second-order valence-corrected chi connectivity index (χ2v) is 5.10. The monoisotopic (exact) mass is 287 g/mol. The van der Waals surface area contributed by atoms with E-state index in [1.54, 1.807) is 19.1 Å². The van der Waals surface area contributed by atoms with E-state index in [0.29, 0.717) is 21.3 Å². The van der Waals surface area contributed by atoms with Gasteiger partial charge in [-0.25, -0.2) is 9.78 Å². The van der Waals surface area contributed by atoms with E-state index in [-0.39, 0.29) is 5.97 Å². The van der Waals surface area contributed by atoms with Crippen molar-refractivity contribution >= 4 is 28.1 Å². The quantitative estimate of drug-likeness (QED) is 0.812. The normalized spacial score (nSPS) is 9.90. The van der Waals surface area contributed by atoms with Crippen LogP contribution < -0.4 is 4.90 Å². The summed E-state index contributed by atoms with van der Waals surface area (Å²) in [5.41, 5.74) is 2.06. The lowest BCUT2D eigenvalue weighted by atomic mass is 10.2. The maximum absolute atomic E-state index is 11.6. The molecule has 0 bridgehead atoms. The molecule has 2 rings (SSSR count). The summed E-state index contributed by atoms with van der Waals surface area (Å²) in [6.45, 7) is 1.77. The van der Waals surface area contributed by atoms with Crippen molar-refractivity contribution in [2.75, 3.05) is 19.1 Å². The Morgan fingerprint density at radius 1 is 1.50 bits per heavy atom. The van der Waals surface area contributed by atoms with E-state index >= 15 is 0 Å². The molecule has 0 spiro atoms. The second kappa shape index (κ2) is 5.72. The molecule has 0 radical (unpaired) electrons. The number of aryl methyl sites for hydroxylation is 1. The molecule has 0 fully saturated rings. The lowest BCUT2D eigenvalue weighted by Gasteiger charge is -2.15. The average molecular weight is 287 g/mol. The molecule has 20 heavy (non-hydrogen) atoms. The molecule has 0 saturated heterocycles. The molecule has 1 aromatic heterocycles. The molecule has 0 aliphatic rings. The lowest BCUT2D eigenvalue weighted by Crippen LogP contribution is -2.09. The highest BCUT2D eigenvalue weighted by molar-refractivity contribution is 7.17. The molecule has 6 heteroatoms. The molecular weight excluding hydrogens is 274 g/mol. The minimum absolute atomic E-state index is 0.384. The number of aromatic nitrogens is 1. The van der Waals surface area contributed by atoms with Crippen molar-refractivity contribution in [1.29, 1.82) is 5.26 Å². The highest BCUT2D eigenvalue weighted by Gasteiger charge is 2.18. The summed E-state index contributed by atoms with van der Waals surface area (Å²) in [5.74, 6) is -0.384. The van der Waals surface area contributed by atoms with E-state index < -0.39 is 0 Å². The zero-order valence-corrected chi connectivity index (χ0v) is 12.2. The summed E-state index contributed by atoms with van der Waals surface area (Å²) in [6, 6.07) is 9.31. The van der Waals surface area contributed by atoms with Gasteiger partial charge in [0.05, 0.1) is 24.4 Å². The molecule has 0 N–H and O–H groups in total. The number of esters is 1. The van der Waals surface area contributed by atoms with Gasteiger partial charge in [0.2, 0.25) is 0 Å². The van der Waals surface area contributed by atoms with Crippen molar-refractivity contribution in [3.63, 3.8) is 0 Å². The number of ether oxygens (including phenoxy) is 1. The minimum Gasteiger partial charge on any atom is -0.465 e. The number of methoxy groups -OCH3 is 1. The molecule has 0 saturated carbocycles. The van der Waals surface area contributed by atoms with Gasteiger partial charge >= 0.3 is 5.97 Å². The summed E-state index contributed by atoms with van der Waals surface area (Å²) in [6.07, 6.45) is 0. The van der Waals surface area contributed by atoms with Crippen LogP contribution in [0.2, 0.25) is 0 Å². The van der Waals surface area contributed by atoms with Gasteiger partial charge in [0.1, 0.15) is 4.88 Å². The molecule has 1 aromatic carbocycles. The third-order valence-corrected chi connectivity index (χ3v) is 4.02. The second-order valence-electron chi connectivity index (χ2n) is 4.12. The van der Waals surface area contributed by atoms with Crippen LogP contribution in [0, 0.1) is 18.3 Å². The first-order valence-corrected chi connectivity index (χ1v) is 6.68. The fraction of sp³-hybridized carbons (Fsp3) is 0.214. The number of hydrogen-bond donors (Lipinski definition) is 0. The molecule has 0 amide bonds. The SMILES string of the molecule is COC(=O)c1sc(N(C)c2cccc(C#N)c2)nc1C. The largest absolute Gasteiger partial charge is 0.465 e. The Hall–Kier alpha value is -2.39. The van der Waals surface area contributed by atoms with Crippen LogP contribution in [0.1, 0.15) is 20.9 Å². The van der Waals surface area contributed by atoms with Crippen molar-refractivity contribution < 1.29 is 9.53 Å². The van der Waals surface area contributed by atoms with E-state index in [9.17, 15) is 4.79 Å². The van der Waals surface area contributed by atoms with Gasteiger partial charge in [0.25, 0.3) is 0 Å². The molecule has 1 heterocycles. The Morgan fingerprint density at radius 3 is 2.90 bits per heavy atom. The van der Waals surface area contributed by atoms with Crippen molar-refractivity contribution in [2.24, 2.45) is 0 Å². The molecule has 0 aliphatic carbocycles. The minimum atomic E-state index is -0.384. The maximum atomic E-state index is 11.6. The number of benzene rings is 1. The van der Waals surface area contributed by atoms with E-state index in [0.717, 1.165) is 5.69 Å². The van der Waals surface area contributed by atoms with Gasteiger partial charge in [-0.2, -0.15) is 5.26 Å². The molecule has 0 unspecified atom stereocenters. The predicted molar refractivity (Wildman–Crippen MR) is 77.4 cm³/mol. The first-order valence-electron chi connectivity index (χ1n) is 5.86. The van der Waals surface area contributed by atoms with Gasteiger partial charge in [-0.05, 0) is 25.1 Å². The van der Waals surface area contributed by atoms with E-state index in [2.05, 4.69) is 11.1 Å². The van der Waals surface area contributed by atoms with Gasteiger partial charge in [0, 0.05) is 12.7 Å². The third-order valence-electron chi connectivity index (χ3n) is 2.81. The fourth-order valence-electron chi connectivity index (χ4n) is 1.70. The Morgan fingerprint density at radius 2 is 2.25 bits per heavy atom. The van der Waals surface area contributed by atoms with Crippen LogP contribution in [0.3, 0.4) is 0 Å². The number of carbonyl (C=O) groups is 1. The highest BCUT2D eigenvalue weighted by Crippen LogP contribution is 2.30. The number of anilines is 2. The molecule has 0 aliphatic heterocycles. The van der Waals surface area contributed by atoms with Crippen molar-refractivity contribution in [3.8, 4) is 6.07 Å². The highest BCUT2D eigenvalue weighted by atomic mass is 32.1. The molecule has 5 nitrogen and oxygen atoms in total. The first-order chi connectivity index (χ1) is 9.56. The van der Waals surface area contributed by atoms with Gasteiger partial charge in [0.15, 0.2) is 5.13 Å². The number of carbonyl (C=O) groups excluding carboxylic acids is 1. The first kappa shape index (κ1) is 14.0. The molecule has 2 aromatic rings. The summed E-state index contributed by atoms with van der Waals surface area (Å²) in [5, 5.41) is 9.60. The predicted octanol–water partition coefficient (Wildman–Crippen LogP) is 2.88. The van der Waals surface area contributed by atoms with Crippen LogP contribution in [-0.2, 0) is 4.74 Å². The van der Waals surface area contributed by atoms with Crippen molar-refractivity contribution in [2.45, 2.75) is 6.92 Å². The van der Waals surface area contributed by atoms with Crippen LogP contribution in [0.15, 0.2) is 24.3 Å². The van der Waals surface area contributed by atoms with E-state index in [4.69, 9.17) is 10.00 Å². The summed E-state index contributed by atoms with van der Waals surface area (Å²) >= 11 is 1.27. The number of thiazole rings is 1. The van der Waals surface area contributed by atoms with Crippen LogP contribution in [0.5, 0.6) is 0 Å². The Labute approximate surface area is 121 Å². The zero-order chi connectivity index (χ0) is 14.7. The number of hydrogen-bond acceptors (Lipinski definition) is 6. The van der Waals surface area contributed by atoms with Gasteiger partial charge < -0.3 is 9.64 Å². The van der Waals surface area contributed by atoms with E-state index in [1.807, 2.05) is 24.1 Å². The van der Waals surface area contributed by atoms with Crippen LogP contribution in [-0.4, -0.2) is 25.1 Å². The van der Waals surface area contributed by atoms with Crippen molar-refractivity contribution in [1.82, 2.24) is 4.98 Å². The molecular formula is C14H13N3O2S. The van der Waals surface area contributed by atoms with Gasteiger partial charge in [-0.1, -0.05) is 17.4 Å². The Balaban J connectivity index is 2.36. The Bertz CT molecular complexity index is 688. The fourth-order valence-corrected chi connectivity index (χ4v) is 2.67. The zero-order valence-electron chi connectivity index (χ0n) is 11.4. The van der Waals surface area contributed by atoms with Crippen LogP contribution in [0.4, 0.5) is 10.8 Å². The summed E-state index contributed by atoms with van der Waals surface area (Å²) in [4.78, 5) is 18.3. The average Bonchev–Trinajstić information content (AvgIpc) is 2.87. The summed E-state index contributed by atoms with van der Waals surface area (Å²) in [7, 11) is 3.19. The lowest BCUT2D eigenvalue weighted by molar-refractivity contribution is 0.0605. The van der Waals surface area contributed by atoms with Gasteiger partial charge in [-0.3, -0.25) is 0 Å². The smallest absolute Gasteiger partial charge is 0.350 e. The number of rotatable bonds is 3. The number of nitriles is 1. The third kappa shape index (κ3) is 2.63. The summed E-state index contributed by atoms with van der Waals surface area (Å²) < 4.78 is 4.72. The molecule has 102 valence electrons. The standard InChI is InChI=1S/C14H13N3O2S/c1-9-12(13(18)19-3)20-14(16-9)17(2)11-6-4-5-10(7-11)8-15/h4-7H,1-3H3.